The maximum atomic E-state index is 13.5. The second-order valence-electron chi connectivity index (χ2n) is 5.60. The number of nitrogens with zero attached hydrogens (tertiary/aromatic N) is 2. The SMILES string of the molecule is CN=C(NCc1cc(OC)ccc1O)N(C)CCOc1ccccc1F. The van der Waals surface area contributed by atoms with E-state index in [1.165, 1.54) is 6.07 Å². The van der Waals surface area contributed by atoms with E-state index in [2.05, 4.69) is 10.3 Å². The summed E-state index contributed by atoms with van der Waals surface area (Å²) in [6, 6.07) is 11.3. The number of para-hydroxylation sites is 1. The molecular formula is C19H24FN3O3. The number of aromatic hydroxyl groups is 1. The van der Waals surface area contributed by atoms with Crippen LogP contribution in [-0.4, -0.2) is 50.3 Å². The summed E-state index contributed by atoms with van der Waals surface area (Å²) < 4.78 is 24.2. The lowest BCUT2D eigenvalue weighted by atomic mass is 10.2. The molecule has 0 aliphatic heterocycles. The third-order valence-electron chi connectivity index (χ3n) is 3.82. The second kappa shape index (κ2) is 9.50. The van der Waals surface area contributed by atoms with Crippen molar-refractivity contribution in [1.82, 2.24) is 10.2 Å². The number of methoxy groups -OCH3 is 1. The molecule has 140 valence electrons. The van der Waals surface area contributed by atoms with Gasteiger partial charge in [0.15, 0.2) is 17.5 Å². The number of phenols is 1. The molecule has 2 aromatic carbocycles. The molecule has 0 fully saturated rings. The van der Waals surface area contributed by atoms with Crippen LogP contribution in [-0.2, 0) is 6.54 Å². The first-order valence-electron chi connectivity index (χ1n) is 8.20. The number of hydrogen-bond donors (Lipinski definition) is 2. The minimum atomic E-state index is -0.383. The average molecular weight is 361 g/mol. The van der Waals surface area contributed by atoms with Gasteiger partial charge in [-0.05, 0) is 30.3 Å². The zero-order chi connectivity index (χ0) is 18.9. The third kappa shape index (κ3) is 5.27. The van der Waals surface area contributed by atoms with Crippen molar-refractivity contribution in [3.63, 3.8) is 0 Å². The van der Waals surface area contributed by atoms with Crippen molar-refractivity contribution < 1.29 is 19.0 Å². The maximum absolute atomic E-state index is 13.5. The fraction of sp³-hybridized carbons (Fsp3) is 0.316. The third-order valence-corrected chi connectivity index (χ3v) is 3.82. The van der Waals surface area contributed by atoms with Crippen LogP contribution >= 0.6 is 0 Å². The van der Waals surface area contributed by atoms with Crippen molar-refractivity contribution in [2.75, 3.05) is 34.4 Å². The van der Waals surface area contributed by atoms with Crippen LogP contribution in [0, 0.1) is 5.82 Å². The number of phenolic OH excluding ortho intramolecular Hbond substituents is 1. The van der Waals surface area contributed by atoms with Crippen LogP contribution in [0.15, 0.2) is 47.5 Å². The molecular weight excluding hydrogens is 337 g/mol. The molecule has 6 nitrogen and oxygen atoms in total. The fourth-order valence-corrected chi connectivity index (χ4v) is 2.35. The van der Waals surface area contributed by atoms with Crippen LogP contribution in [0.1, 0.15) is 5.56 Å². The molecule has 0 saturated carbocycles. The van der Waals surface area contributed by atoms with Gasteiger partial charge in [-0.25, -0.2) is 4.39 Å². The predicted molar refractivity (Wildman–Crippen MR) is 99.4 cm³/mol. The van der Waals surface area contributed by atoms with Crippen molar-refractivity contribution in [2.45, 2.75) is 6.54 Å². The normalized spacial score (nSPS) is 11.2. The molecule has 0 radical (unpaired) electrons. The number of ether oxygens (including phenoxy) is 2. The molecule has 7 heteroatoms. The van der Waals surface area contributed by atoms with Gasteiger partial charge in [0.05, 0.1) is 13.7 Å². The van der Waals surface area contributed by atoms with E-state index in [4.69, 9.17) is 9.47 Å². The number of aliphatic imine (C=N–C) groups is 1. The summed E-state index contributed by atoms with van der Waals surface area (Å²) in [4.78, 5) is 6.07. The van der Waals surface area contributed by atoms with E-state index in [0.717, 1.165) is 0 Å². The van der Waals surface area contributed by atoms with Gasteiger partial charge in [-0.3, -0.25) is 4.99 Å². The Morgan fingerprint density at radius 2 is 2.04 bits per heavy atom. The van der Waals surface area contributed by atoms with Gasteiger partial charge < -0.3 is 24.8 Å². The highest BCUT2D eigenvalue weighted by atomic mass is 19.1. The van der Waals surface area contributed by atoms with Crippen LogP contribution in [0.3, 0.4) is 0 Å². The highest BCUT2D eigenvalue weighted by Crippen LogP contribution is 2.22. The predicted octanol–water partition coefficient (Wildman–Crippen LogP) is 2.63. The van der Waals surface area contributed by atoms with Crippen molar-refractivity contribution in [2.24, 2.45) is 4.99 Å². The smallest absolute Gasteiger partial charge is 0.193 e. The molecule has 0 atom stereocenters. The largest absolute Gasteiger partial charge is 0.508 e. The molecule has 0 saturated heterocycles. The maximum Gasteiger partial charge on any atom is 0.193 e. The van der Waals surface area contributed by atoms with Gasteiger partial charge in [-0.2, -0.15) is 0 Å². The molecule has 26 heavy (non-hydrogen) atoms. The van der Waals surface area contributed by atoms with Crippen molar-refractivity contribution >= 4 is 5.96 Å². The van der Waals surface area contributed by atoms with Gasteiger partial charge in [0.2, 0.25) is 0 Å². The zero-order valence-corrected chi connectivity index (χ0v) is 15.2. The first kappa shape index (κ1) is 19.4. The van der Waals surface area contributed by atoms with Gasteiger partial charge in [0.1, 0.15) is 18.1 Å². The summed E-state index contributed by atoms with van der Waals surface area (Å²) in [6.07, 6.45) is 0. The number of rotatable bonds is 7. The van der Waals surface area contributed by atoms with Gasteiger partial charge >= 0.3 is 0 Å². The van der Waals surface area contributed by atoms with E-state index in [-0.39, 0.29) is 17.3 Å². The molecule has 0 unspecified atom stereocenters. The van der Waals surface area contributed by atoms with E-state index < -0.39 is 0 Å². The van der Waals surface area contributed by atoms with E-state index in [1.54, 1.807) is 50.6 Å². The van der Waals surface area contributed by atoms with E-state index in [1.807, 2.05) is 11.9 Å². The fourth-order valence-electron chi connectivity index (χ4n) is 2.35. The van der Waals surface area contributed by atoms with E-state index >= 15 is 0 Å². The highest BCUT2D eigenvalue weighted by Gasteiger charge is 2.09. The summed E-state index contributed by atoms with van der Waals surface area (Å²) in [5.74, 6) is 1.32. The molecule has 0 aromatic heterocycles. The molecule has 0 bridgehead atoms. The topological polar surface area (TPSA) is 66.3 Å². The average Bonchev–Trinajstić information content (AvgIpc) is 2.65. The summed E-state index contributed by atoms with van der Waals surface area (Å²) in [5, 5.41) is 13.1. The zero-order valence-electron chi connectivity index (χ0n) is 15.2. The lowest BCUT2D eigenvalue weighted by molar-refractivity contribution is 0.270. The lowest BCUT2D eigenvalue weighted by Gasteiger charge is -2.22. The van der Waals surface area contributed by atoms with Gasteiger partial charge in [0.25, 0.3) is 0 Å². The Morgan fingerprint density at radius 3 is 2.73 bits per heavy atom. The molecule has 0 spiro atoms. The number of likely N-dealkylation sites (N-methyl/N-ethyl adjacent to an activating group) is 1. The van der Waals surface area contributed by atoms with Crippen LogP contribution in [0.25, 0.3) is 0 Å². The van der Waals surface area contributed by atoms with Crippen molar-refractivity contribution in [3.05, 3.63) is 53.8 Å². The minimum Gasteiger partial charge on any atom is -0.508 e. The van der Waals surface area contributed by atoms with Gasteiger partial charge in [-0.1, -0.05) is 12.1 Å². The van der Waals surface area contributed by atoms with Crippen LogP contribution in [0.5, 0.6) is 17.2 Å². The second-order valence-corrected chi connectivity index (χ2v) is 5.60. The van der Waals surface area contributed by atoms with E-state index in [0.29, 0.717) is 37.0 Å². The molecule has 2 rings (SSSR count). The van der Waals surface area contributed by atoms with Crippen LogP contribution in [0.2, 0.25) is 0 Å². The Labute approximate surface area is 152 Å². The summed E-state index contributed by atoms with van der Waals surface area (Å²) in [6.45, 7) is 1.20. The number of halogens is 1. The van der Waals surface area contributed by atoms with Crippen molar-refractivity contribution in [1.29, 1.82) is 0 Å². The molecule has 0 heterocycles. The Hall–Kier alpha value is -2.96. The van der Waals surface area contributed by atoms with Gasteiger partial charge in [0, 0.05) is 26.2 Å². The first-order chi connectivity index (χ1) is 12.5. The molecule has 2 N–H and O–H groups in total. The Kier molecular flexibility index (Phi) is 7.08. The Balaban J connectivity index is 1.87. The van der Waals surface area contributed by atoms with Crippen molar-refractivity contribution in [3.8, 4) is 17.2 Å². The molecule has 2 aromatic rings. The first-order valence-corrected chi connectivity index (χ1v) is 8.20. The quantitative estimate of drug-likeness (QED) is 0.586. The molecule has 0 aliphatic rings. The summed E-state index contributed by atoms with van der Waals surface area (Å²) in [5.41, 5.74) is 0.696. The number of nitrogens with one attached hydrogen (secondary N) is 1. The monoisotopic (exact) mass is 361 g/mol. The Morgan fingerprint density at radius 1 is 1.27 bits per heavy atom. The molecule has 0 aliphatic carbocycles. The molecule has 0 amide bonds. The summed E-state index contributed by atoms with van der Waals surface area (Å²) >= 11 is 0. The van der Waals surface area contributed by atoms with Crippen LogP contribution < -0.4 is 14.8 Å². The van der Waals surface area contributed by atoms with Crippen LogP contribution in [0.4, 0.5) is 4.39 Å². The number of benzene rings is 2. The number of guanidine groups is 1. The van der Waals surface area contributed by atoms with E-state index in [9.17, 15) is 9.50 Å². The number of hydrogen-bond acceptors (Lipinski definition) is 4. The van der Waals surface area contributed by atoms with Gasteiger partial charge in [-0.15, -0.1) is 0 Å². The minimum absolute atomic E-state index is 0.180. The standard InChI is InChI=1S/C19H24FN3O3/c1-21-19(22-13-14-12-15(25-3)8-9-17(14)24)23(2)10-11-26-18-7-5-4-6-16(18)20/h4-9,12,24H,10-11,13H2,1-3H3,(H,21,22). The summed E-state index contributed by atoms with van der Waals surface area (Å²) in [7, 11) is 5.10. The lowest BCUT2D eigenvalue weighted by Crippen LogP contribution is -2.40. The highest BCUT2D eigenvalue weighted by molar-refractivity contribution is 5.79. The Bertz CT molecular complexity index is 753.